The predicted molar refractivity (Wildman–Crippen MR) is 59.8 cm³/mol. The van der Waals surface area contributed by atoms with Crippen LogP contribution in [0, 0.1) is 6.92 Å². The summed E-state index contributed by atoms with van der Waals surface area (Å²) in [4.78, 5) is 0. The van der Waals surface area contributed by atoms with Crippen LogP contribution in [0.15, 0.2) is 18.2 Å². The Labute approximate surface area is 84.7 Å². The van der Waals surface area contributed by atoms with Crippen LogP contribution in [0.1, 0.15) is 12.5 Å². The van der Waals surface area contributed by atoms with Crippen molar-refractivity contribution in [1.29, 1.82) is 0 Å². The van der Waals surface area contributed by atoms with Crippen LogP contribution in [-0.2, 0) is 0 Å². The number of nitrogens with one attached hydrogen (secondary N) is 1. The van der Waals surface area contributed by atoms with Gasteiger partial charge in [0, 0.05) is 5.69 Å². The third kappa shape index (κ3) is 2.84. The number of benzene rings is 1. The van der Waals surface area contributed by atoms with E-state index in [1.165, 1.54) is 0 Å². The molecule has 0 saturated heterocycles. The minimum absolute atomic E-state index is 0.646. The first-order valence-corrected chi connectivity index (χ1v) is 4.99. The molecule has 0 heterocycles. The first-order valence-electron chi connectivity index (χ1n) is 4.36. The van der Waals surface area contributed by atoms with Crippen molar-refractivity contribution in [3.05, 3.63) is 23.8 Å². The van der Waals surface area contributed by atoms with E-state index in [9.17, 15) is 0 Å². The standard InChI is InChI=1S/C10H15NOS/c1-3-12-10-5-4-9(11-7-13)6-8(10)2/h4-6,11,13H,3,7H2,1-2H3. The maximum atomic E-state index is 5.42. The van der Waals surface area contributed by atoms with E-state index in [-0.39, 0.29) is 0 Å². The van der Waals surface area contributed by atoms with Crippen LogP contribution >= 0.6 is 12.6 Å². The van der Waals surface area contributed by atoms with Crippen molar-refractivity contribution in [1.82, 2.24) is 0 Å². The minimum Gasteiger partial charge on any atom is -0.494 e. The summed E-state index contributed by atoms with van der Waals surface area (Å²) in [5, 5.41) is 3.13. The van der Waals surface area contributed by atoms with Gasteiger partial charge in [0.15, 0.2) is 0 Å². The molecule has 1 N–H and O–H groups in total. The van der Waals surface area contributed by atoms with Gasteiger partial charge < -0.3 is 10.1 Å². The van der Waals surface area contributed by atoms with Crippen molar-refractivity contribution >= 4 is 18.3 Å². The molecule has 0 atom stereocenters. The third-order valence-electron chi connectivity index (χ3n) is 1.76. The summed E-state index contributed by atoms with van der Waals surface area (Å²) in [7, 11) is 0. The highest BCUT2D eigenvalue weighted by atomic mass is 32.1. The Morgan fingerprint density at radius 2 is 2.23 bits per heavy atom. The van der Waals surface area contributed by atoms with Gasteiger partial charge in [-0.3, -0.25) is 0 Å². The fourth-order valence-electron chi connectivity index (χ4n) is 1.17. The molecule has 1 rings (SSSR count). The number of hydrogen-bond acceptors (Lipinski definition) is 3. The van der Waals surface area contributed by atoms with Crippen LogP contribution in [0.25, 0.3) is 0 Å². The van der Waals surface area contributed by atoms with Crippen LogP contribution in [0.4, 0.5) is 5.69 Å². The number of ether oxygens (including phenoxy) is 1. The van der Waals surface area contributed by atoms with E-state index in [1.807, 2.05) is 26.0 Å². The number of anilines is 1. The molecule has 3 heteroatoms. The molecule has 0 unspecified atom stereocenters. The van der Waals surface area contributed by atoms with Gasteiger partial charge in [-0.15, -0.1) is 0 Å². The van der Waals surface area contributed by atoms with Crippen LogP contribution in [0.2, 0.25) is 0 Å². The van der Waals surface area contributed by atoms with Crippen molar-refractivity contribution in [3.63, 3.8) is 0 Å². The molecule has 0 aliphatic heterocycles. The Kier molecular flexibility index (Phi) is 3.96. The SMILES string of the molecule is CCOc1ccc(NCS)cc1C. The zero-order chi connectivity index (χ0) is 9.68. The second-order valence-electron chi connectivity index (χ2n) is 2.75. The normalized spacial score (nSPS) is 9.77. The monoisotopic (exact) mass is 197 g/mol. The van der Waals surface area contributed by atoms with Crippen molar-refractivity contribution in [2.24, 2.45) is 0 Å². The van der Waals surface area contributed by atoms with Gasteiger partial charge in [-0.25, -0.2) is 0 Å². The maximum Gasteiger partial charge on any atom is 0.122 e. The highest BCUT2D eigenvalue weighted by Crippen LogP contribution is 2.21. The van der Waals surface area contributed by atoms with Crippen LogP contribution in [0.5, 0.6) is 5.75 Å². The molecular formula is C10H15NOS. The topological polar surface area (TPSA) is 21.3 Å². The van der Waals surface area contributed by atoms with Crippen molar-refractivity contribution < 1.29 is 4.74 Å². The molecule has 0 bridgehead atoms. The van der Waals surface area contributed by atoms with Crippen LogP contribution < -0.4 is 10.1 Å². The zero-order valence-corrected chi connectivity index (χ0v) is 8.90. The number of aryl methyl sites for hydroxylation is 1. The fourth-order valence-corrected chi connectivity index (χ4v) is 1.35. The Bertz CT molecular complexity index is 276. The van der Waals surface area contributed by atoms with Gasteiger partial charge in [-0.2, -0.15) is 12.6 Å². The van der Waals surface area contributed by atoms with E-state index in [4.69, 9.17) is 4.74 Å². The van der Waals surface area contributed by atoms with Crippen LogP contribution in [0.3, 0.4) is 0 Å². The molecule has 0 fully saturated rings. The second-order valence-corrected chi connectivity index (χ2v) is 3.06. The second kappa shape index (κ2) is 5.02. The molecule has 0 saturated carbocycles. The molecule has 0 radical (unpaired) electrons. The first kappa shape index (κ1) is 10.3. The average molecular weight is 197 g/mol. The lowest BCUT2D eigenvalue weighted by Crippen LogP contribution is -1.97. The average Bonchev–Trinajstić information content (AvgIpc) is 2.10. The molecule has 1 aromatic rings. The van der Waals surface area contributed by atoms with E-state index >= 15 is 0 Å². The Balaban J connectivity index is 2.79. The van der Waals surface area contributed by atoms with Crippen LogP contribution in [-0.4, -0.2) is 12.5 Å². The molecule has 2 nitrogen and oxygen atoms in total. The highest BCUT2D eigenvalue weighted by Gasteiger charge is 1.98. The van der Waals surface area contributed by atoms with Gasteiger partial charge in [0.1, 0.15) is 5.75 Å². The summed E-state index contributed by atoms with van der Waals surface area (Å²) in [5.41, 5.74) is 2.23. The minimum atomic E-state index is 0.646. The van der Waals surface area contributed by atoms with Gasteiger partial charge in [0.25, 0.3) is 0 Å². The summed E-state index contributed by atoms with van der Waals surface area (Å²) < 4.78 is 5.42. The quantitative estimate of drug-likeness (QED) is 0.572. The molecule has 0 aliphatic rings. The fraction of sp³-hybridized carbons (Fsp3) is 0.400. The number of hydrogen-bond donors (Lipinski definition) is 2. The van der Waals surface area contributed by atoms with Gasteiger partial charge in [0.05, 0.1) is 12.5 Å². The number of rotatable bonds is 4. The maximum absolute atomic E-state index is 5.42. The van der Waals surface area contributed by atoms with E-state index in [2.05, 4.69) is 24.0 Å². The molecule has 13 heavy (non-hydrogen) atoms. The molecule has 0 aromatic heterocycles. The molecule has 0 spiro atoms. The van der Waals surface area contributed by atoms with E-state index in [0.29, 0.717) is 12.5 Å². The van der Waals surface area contributed by atoms with E-state index in [1.54, 1.807) is 0 Å². The molecule has 72 valence electrons. The highest BCUT2D eigenvalue weighted by molar-refractivity contribution is 7.80. The van der Waals surface area contributed by atoms with Gasteiger partial charge >= 0.3 is 0 Å². The predicted octanol–water partition coefficient (Wildman–Crippen LogP) is 2.69. The third-order valence-corrected chi connectivity index (χ3v) is 1.92. The summed E-state index contributed by atoms with van der Waals surface area (Å²) in [6.07, 6.45) is 0. The van der Waals surface area contributed by atoms with Gasteiger partial charge in [-0.05, 0) is 37.6 Å². The summed E-state index contributed by atoms with van der Waals surface area (Å²) in [6, 6.07) is 6.03. The summed E-state index contributed by atoms with van der Waals surface area (Å²) in [5.74, 6) is 1.60. The Morgan fingerprint density at radius 3 is 2.77 bits per heavy atom. The van der Waals surface area contributed by atoms with E-state index in [0.717, 1.165) is 17.0 Å². The lowest BCUT2D eigenvalue weighted by molar-refractivity contribution is 0.338. The largest absolute Gasteiger partial charge is 0.494 e. The first-order chi connectivity index (χ1) is 6.27. The molecule has 0 amide bonds. The summed E-state index contributed by atoms with van der Waals surface area (Å²) in [6.45, 7) is 4.73. The molecule has 0 aliphatic carbocycles. The molecular weight excluding hydrogens is 182 g/mol. The van der Waals surface area contributed by atoms with Crippen molar-refractivity contribution in [2.45, 2.75) is 13.8 Å². The lowest BCUT2D eigenvalue weighted by Gasteiger charge is -2.09. The van der Waals surface area contributed by atoms with Gasteiger partial charge in [-0.1, -0.05) is 0 Å². The zero-order valence-electron chi connectivity index (χ0n) is 8.00. The summed E-state index contributed by atoms with van der Waals surface area (Å²) >= 11 is 4.09. The van der Waals surface area contributed by atoms with E-state index < -0.39 is 0 Å². The van der Waals surface area contributed by atoms with Crippen molar-refractivity contribution in [3.8, 4) is 5.75 Å². The smallest absolute Gasteiger partial charge is 0.122 e. The molecule has 1 aromatic carbocycles. The lowest BCUT2D eigenvalue weighted by atomic mass is 10.2. The Morgan fingerprint density at radius 1 is 1.46 bits per heavy atom. The Hall–Kier alpha value is -0.830. The number of thiol groups is 1. The van der Waals surface area contributed by atoms with Crippen molar-refractivity contribution in [2.75, 3.05) is 17.8 Å². The van der Waals surface area contributed by atoms with Gasteiger partial charge in [0.2, 0.25) is 0 Å².